The highest BCUT2D eigenvalue weighted by molar-refractivity contribution is 7.47. The van der Waals surface area contributed by atoms with Crippen molar-refractivity contribution >= 4 is 7.82 Å². The second-order valence-corrected chi connectivity index (χ2v) is 11.7. The second-order valence-electron chi connectivity index (χ2n) is 10.2. The summed E-state index contributed by atoms with van der Waals surface area (Å²) in [6, 6.07) is 9.92. The van der Waals surface area contributed by atoms with Gasteiger partial charge in [-0.2, -0.15) is 0 Å². The summed E-state index contributed by atoms with van der Waals surface area (Å²) in [5.74, 6) is 0. The minimum Gasteiger partial charge on any atom is -0.323 e. The number of unbranched alkanes of at least 4 members (excludes halogenated alkanes) is 13. The Labute approximate surface area is 204 Å². The van der Waals surface area contributed by atoms with Crippen LogP contribution in [0, 0.1) is 0 Å². The van der Waals surface area contributed by atoms with Crippen molar-refractivity contribution in [2.75, 3.05) is 34.4 Å². The Morgan fingerprint density at radius 2 is 1.21 bits per heavy atom. The van der Waals surface area contributed by atoms with E-state index >= 15 is 0 Å². The molecule has 33 heavy (non-hydrogen) atoms. The van der Waals surface area contributed by atoms with E-state index in [1.165, 1.54) is 70.6 Å². The Bertz CT molecular complexity index is 633. The molecule has 0 spiro atoms. The van der Waals surface area contributed by atoms with Crippen LogP contribution in [0.2, 0.25) is 0 Å². The zero-order valence-electron chi connectivity index (χ0n) is 21.8. The molecule has 1 rings (SSSR count). The molecule has 0 fully saturated rings. The number of phosphoric acid groups is 1. The van der Waals surface area contributed by atoms with Gasteiger partial charge in [-0.25, -0.2) is 4.57 Å². The lowest BCUT2D eigenvalue weighted by molar-refractivity contribution is -0.902. The zero-order valence-corrected chi connectivity index (χ0v) is 22.7. The molecule has 0 heterocycles. The average molecular weight is 485 g/mol. The van der Waals surface area contributed by atoms with Crippen molar-refractivity contribution in [1.82, 2.24) is 0 Å². The smallest absolute Gasteiger partial charge is 0.323 e. The molecule has 0 saturated carbocycles. The fourth-order valence-corrected chi connectivity index (χ4v) is 4.88. The molecule has 192 valence electrons. The van der Waals surface area contributed by atoms with Gasteiger partial charge in [-0.15, -0.1) is 0 Å². The number of nitrogens with zero attached hydrogens (tertiary/aromatic N) is 1. The Kier molecular flexibility index (Phi) is 16.2. The van der Waals surface area contributed by atoms with Crippen LogP contribution in [0.5, 0.6) is 0 Å². The Morgan fingerprint density at radius 1 is 0.758 bits per heavy atom. The van der Waals surface area contributed by atoms with E-state index in [1.54, 1.807) is 0 Å². The summed E-state index contributed by atoms with van der Waals surface area (Å²) in [4.78, 5) is 10.1. The largest absolute Gasteiger partial charge is 0.472 e. The van der Waals surface area contributed by atoms with Crippen LogP contribution < -0.4 is 0 Å². The van der Waals surface area contributed by atoms with E-state index in [9.17, 15) is 9.46 Å². The zero-order chi connectivity index (χ0) is 24.4. The van der Waals surface area contributed by atoms with Gasteiger partial charge in [0.15, 0.2) is 0 Å². The summed E-state index contributed by atoms with van der Waals surface area (Å²) in [6.07, 6.45) is 17.9. The van der Waals surface area contributed by atoms with Crippen LogP contribution >= 0.6 is 7.82 Å². The highest BCUT2D eigenvalue weighted by atomic mass is 31.2. The molecule has 1 unspecified atom stereocenters. The molecule has 0 amide bonds. The van der Waals surface area contributed by atoms with Crippen molar-refractivity contribution in [1.29, 1.82) is 0 Å². The molecule has 0 aliphatic carbocycles. The molecule has 0 radical (unpaired) electrons. The number of likely N-dealkylation sites (N-methyl/N-ethyl adjacent to an activating group) is 1. The quantitative estimate of drug-likeness (QED) is 0.109. The standard InChI is InChI=1S/C27H50NO4P/c1-5-6-7-8-9-10-11-12-13-14-15-16-17-21-24-31-33(29,30)32-25-27(28(2,3)4)26-22-19-18-20-23-26/h18-20,22-23,27H,5-17,21,24-25H2,1-4H3/p+1/t27-/m0/s1. The number of quaternary nitrogens is 1. The Morgan fingerprint density at radius 3 is 1.67 bits per heavy atom. The number of hydrogen-bond donors (Lipinski definition) is 1. The third kappa shape index (κ3) is 15.7. The maximum atomic E-state index is 12.3. The van der Waals surface area contributed by atoms with Gasteiger partial charge in [0.05, 0.1) is 27.7 Å². The fourth-order valence-electron chi connectivity index (χ4n) is 4.12. The van der Waals surface area contributed by atoms with Crippen LogP contribution in [0.4, 0.5) is 0 Å². The lowest BCUT2D eigenvalue weighted by atomic mass is 10.0. The summed E-state index contributed by atoms with van der Waals surface area (Å²) in [6.45, 7) is 2.68. The van der Waals surface area contributed by atoms with E-state index in [4.69, 9.17) is 9.05 Å². The third-order valence-electron chi connectivity index (χ3n) is 6.27. The monoisotopic (exact) mass is 484 g/mol. The van der Waals surface area contributed by atoms with Crippen LogP contribution in [0.25, 0.3) is 0 Å². The van der Waals surface area contributed by atoms with E-state index < -0.39 is 7.82 Å². The molecule has 0 aliphatic heterocycles. The lowest BCUT2D eigenvalue weighted by Crippen LogP contribution is -2.41. The van der Waals surface area contributed by atoms with Gasteiger partial charge < -0.3 is 9.38 Å². The minimum absolute atomic E-state index is 0.0451. The molecule has 2 atom stereocenters. The number of benzene rings is 1. The van der Waals surface area contributed by atoms with E-state index in [0.29, 0.717) is 4.48 Å². The van der Waals surface area contributed by atoms with Gasteiger partial charge in [-0.1, -0.05) is 121 Å². The van der Waals surface area contributed by atoms with Crippen molar-refractivity contribution in [3.8, 4) is 0 Å². The van der Waals surface area contributed by atoms with Gasteiger partial charge in [0, 0.05) is 5.56 Å². The average Bonchev–Trinajstić information content (AvgIpc) is 2.76. The van der Waals surface area contributed by atoms with Crippen molar-refractivity contribution in [3.63, 3.8) is 0 Å². The molecule has 6 heteroatoms. The summed E-state index contributed by atoms with van der Waals surface area (Å²) in [5, 5.41) is 0. The van der Waals surface area contributed by atoms with Crippen LogP contribution in [-0.4, -0.2) is 43.7 Å². The Balaban J connectivity index is 2.07. The number of rotatable bonds is 21. The molecule has 0 saturated heterocycles. The van der Waals surface area contributed by atoms with Crippen molar-refractivity contribution in [2.24, 2.45) is 0 Å². The van der Waals surface area contributed by atoms with E-state index in [1.807, 2.05) is 30.3 Å². The van der Waals surface area contributed by atoms with Gasteiger partial charge >= 0.3 is 7.82 Å². The van der Waals surface area contributed by atoms with Crippen LogP contribution in [0.3, 0.4) is 0 Å². The number of phosphoric ester groups is 1. The maximum absolute atomic E-state index is 12.3. The summed E-state index contributed by atoms with van der Waals surface area (Å²) < 4.78 is 23.5. The normalized spacial score (nSPS) is 14.8. The summed E-state index contributed by atoms with van der Waals surface area (Å²) >= 11 is 0. The predicted molar refractivity (Wildman–Crippen MR) is 139 cm³/mol. The van der Waals surface area contributed by atoms with Crippen molar-refractivity contribution < 1.29 is 23.0 Å². The predicted octanol–water partition coefficient (Wildman–Crippen LogP) is 8.05. The number of hydrogen-bond acceptors (Lipinski definition) is 3. The van der Waals surface area contributed by atoms with E-state index in [2.05, 4.69) is 28.1 Å². The summed E-state index contributed by atoms with van der Waals surface area (Å²) in [5.41, 5.74) is 1.08. The Hall–Kier alpha value is -0.710. The van der Waals surface area contributed by atoms with E-state index in [-0.39, 0.29) is 19.3 Å². The molecule has 0 bridgehead atoms. The summed E-state index contributed by atoms with van der Waals surface area (Å²) in [7, 11) is 2.13. The third-order valence-corrected chi connectivity index (χ3v) is 7.25. The fraction of sp³-hybridized carbons (Fsp3) is 0.778. The first kappa shape index (κ1) is 30.3. The van der Waals surface area contributed by atoms with Gasteiger partial charge in [0.25, 0.3) is 0 Å². The van der Waals surface area contributed by atoms with Crippen LogP contribution in [0.1, 0.15) is 108 Å². The highest BCUT2D eigenvalue weighted by Gasteiger charge is 2.30. The van der Waals surface area contributed by atoms with Gasteiger partial charge in [-0.05, 0) is 6.42 Å². The van der Waals surface area contributed by atoms with E-state index in [0.717, 1.165) is 24.8 Å². The van der Waals surface area contributed by atoms with Gasteiger partial charge in [0.2, 0.25) is 0 Å². The highest BCUT2D eigenvalue weighted by Crippen LogP contribution is 2.45. The molecular formula is C27H51NO4P+. The second kappa shape index (κ2) is 17.7. The first-order valence-electron chi connectivity index (χ1n) is 13.2. The molecule has 1 N–H and O–H groups in total. The van der Waals surface area contributed by atoms with Gasteiger partial charge in [-0.3, -0.25) is 9.05 Å². The molecule has 1 aromatic rings. The van der Waals surface area contributed by atoms with Crippen molar-refractivity contribution in [2.45, 2.75) is 103 Å². The first-order chi connectivity index (χ1) is 15.8. The SMILES string of the molecule is CCCCCCCCCCCCCCCCOP(=O)(O)OC[C@@H](c1ccccc1)[N+](C)(C)C. The topological polar surface area (TPSA) is 55.8 Å². The molecule has 0 aromatic heterocycles. The van der Waals surface area contributed by atoms with Crippen molar-refractivity contribution in [3.05, 3.63) is 35.9 Å². The first-order valence-corrected chi connectivity index (χ1v) is 14.7. The molecule has 1 aromatic carbocycles. The molecule has 5 nitrogen and oxygen atoms in total. The van der Waals surface area contributed by atoms with Gasteiger partial charge in [0.1, 0.15) is 12.6 Å². The van der Waals surface area contributed by atoms with Crippen LogP contribution in [0.15, 0.2) is 30.3 Å². The molecule has 0 aliphatic rings. The molecular weight excluding hydrogens is 433 g/mol. The van der Waals surface area contributed by atoms with Crippen LogP contribution in [-0.2, 0) is 13.6 Å². The lowest BCUT2D eigenvalue weighted by Gasteiger charge is -2.34. The maximum Gasteiger partial charge on any atom is 0.472 e. The minimum atomic E-state index is -4.03.